The van der Waals surface area contributed by atoms with Crippen molar-refractivity contribution in [1.29, 1.82) is 0 Å². The summed E-state index contributed by atoms with van der Waals surface area (Å²) in [6.07, 6.45) is 18.1. The Bertz CT molecular complexity index is 569. The minimum atomic E-state index is 0.557. The number of rotatable bonds is 7. The molecular formula is C29H52O. The van der Waals surface area contributed by atoms with Crippen molar-refractivity contribution in [1.82, 2.24) is 0 Å². The lowest BCUT2D eigenvalue weighted by Crippen LogP contribution is -2.54. The van der Waals surface area contributed by atoms with Crippen molar-refractivity contribution in [3.63, 3.8) is 0 Å². The Kier molecular flexibility index (Phi) is 6.99. The maximum atomic E-state index is 6.09. The third-order valence-electron chi connectivity index (χ3n) is 11.2. The molecule has 4 rings (SSSR count). The van der Waals surface area contributed by atoms with E-state index in [1.807, 2.05) is 0 Å². The van der Waals surface area contributed by atoms with E-state index in [1.165, 1.54) is 70.6 Å². The fraction of sp³-hybridized carbons (Fsp3) is 1.00. The van der Waals surface area contributed by atoms with Gasteiger partial charge in [-0.1, -0.05) is 53.9 Å². The van der Waals surface area contributed by atoms with Gasteiger partial charge in [0.05, 0.1) is 6.10 Å². The largest absolute Gasteiger partial charge is 0.378 e. The van der Waals surface area contributed by atoms with Crippen LogP contribution in [0.3, 0.4) is 0 Å². The smallest absolute Gasteiger partial charge is 0.0578 e. The van der Waals surface area contributed by atoms with Crippen LogP contribution >= 0.6 is 0 Å². The normalized spacial score (nSPS) is 46.9. The van der Waals surface area contributed by atoms with Crippen LogP contribution in [0.1, 0.15) is 119 Å². The molecule has 0 spiro atoms. The van der Waals surface area contributed by atoms with E-state index >= 15 is 0 Å². The molecular weight excluding hydrogens is 364 g/mol. The summed E-state index contributed by atoms with van der Waals surface area (Å²) in [6, 6.07) is 0. The van der Waals surface area contributed by atoms with Gasteiger partial charge in [0.25, 0.3) is 0 Å². The number of hydrogen-bond donors (Lipinski definition) is 0. The quantitative estimate of drug-likeness (QED) is 0.404. The summed E-state index contributed by atoms with van der Waals surface area (Å²) in [4.78, 5) is 0. The molecule has 174 valence electrons. The summed E-state index contributed by atoms with van der Waals surface area (Å²) < 4.78 is 6.09. The van der Waals surface area contributed by atoms with Gasteiger partial charge >= 0.3 is 0 Å². The van der Waals surface area contributed by atoms with Crippen LogP contribution in [-0.2, 0) is 4.74 Å². The van der Waals surface area contributed by atoms with Gasteiger partial charge in [0, 0.05) is 6.61 Å². The van der Waals surface area contributed by atoms with Crippen LogP contribution in [0.15, 0.2) is 0 Å². The highest BCUT2D eigenvalue weighted by atomic mass is 16.5. The molecule has 0 radical (unpaired) electrons. The topological polar surface area (TPSA) is 9.23 Å². The molecule has 0 N–H and O–H groups in total. The molecule has 0 aliphatic heterocycles. The third kappa shape index (κ3) is 4.04. The highest BCUT2D eigenvalue weighted by molar-refractivity contribution is 5.09. The predicted molar refractivity (Wildman–Crippen MR) is 128 cm³/mol. The Balaban J connectivity index is 1.43. The summed E-state index contributed by atoms with van der Waals surface area (Å²) in [5.74, 6) is 6.79. The summed E-state index contributed by atoms with van der Waals surface area (Å²) in [5, 5.41) is 0. The summed E-state index contributed by atoms with van der Waals surface area (Å²) in [7, 11) is 0. The van der Waals surface area contributed by atoms with Crippen LogP contribution in [-0.4, -0.2) is 12.7 Å². The molecule has 4 aliphatic carbocycles. The second-order valence-corrected chi connectivity index (χ2v) is 13.0. The van der Waals surface area contributed by atoms with E-state index in [4.69, 9.17) is 4.74 Å². The zero-order valence-electron chi connectivity index (χ0n) is 21.2. The van der Waals surface area contributed by atoms with Crippen molar-refractivity contribution in [2.24, 2.45) is 52.3 Å². The van der Waals surface area contributed by atoms with Gasteiger partial charge < -0.3 is 4.74 Å². The van der Waals surface area contributed by atoms with Gasteiger partial charge in [0.1, 0.15) is 0 Å². The van der Waals surface area contributed by atoms with Gasteiger partial charge in [0.15, 0.2) is 0 Å². The van der Waals surface area contributed by atoms with E-state index in [2.05, 4.69) is 41.5 Å². The number of ether oxygens (including phenoxy) is 1. The number of hydrogen-bond acceptors (Lipinski definition) is 1. The van der Waals surface area contributed by atoms with Gasteiger partial charge in [-0.25, -0.2) is 0 Å². The molecule has 0 heterocycles. The Morgan fingerprint density at radius 2 is 1.57 bits per heavy atom. The Morgan fingerprint density at radius 3 is 2.30 bits per heavy atom. The first-order chi connectivity index (χ1) is 14.3. The monoisotopic (exact) mass is 416 g/mol. The Morgan fingerprint density at radius 1 is 0.833 bits per heavy atom. The maximum Gasteiger partial charge on any atom is 0.0578 e. The van der Waals surface area contributed by atoms with E-state index in [1.54, 1.807) is 6.42 Å². The van der Waals surface area contributed by atoms with Gasteiger partial charge in [0.2, 0.25) is 0 Å². The van der Waals surface area contributed by atoms with Crippen LogP contribution in [0.4, 0.5) is 0 Å². The lowest BCUT2D eigenvalue weighted by atomic mass is 9.44. The number of fused-ring (bicyclic) bond motifs is 5. The minimum absolute atomic E-state index is 0.557. The SMILES string of the molecule is CCOC1CCC2(C)C(CCC3C2CCC2(C)C(C(C)CCCC(C)C)CCC32)C1. The van der Waals surface area contributed by atoms with Crippen molar-refractivity contribution in [3.8, 4) is 0 Å². The van der Waals surface area contributed by atoms with Crippen LogP contribution in [0.5, 0.6) is 0 Å². The first-order valence-corrected chi connectivity index (χ1v) is 13.9. The molecule has 0 aromatic carbocycles. The van der Waals surface area contributed by atoms with Gasteiger partial charge in [-0.3, -0.25) is 0 Å². The lowest BCUT2D eigenvalue weighted by molar-refractivity contribution is -0.136. The van der Waals surface area contributed by atoms with Gasteiger partial charge in [-0.2, -0.15) is 0 Å². The lowest BCUT2D eigenvalue weighted by Gasteiger charge is -2.61. The van der Waals surface area contributed by atoms with E-state index in [9.17, 15) is 0 Å². The summed E-state index contributed by atoms with van der Waals surface area (Å²) in [6.45, 7) is 15.9. The molecule has 1 heteroatoms. The zero-order chi connectivity index (χ0) is 21.5. The van der Waals surface area contributed by atoms with Crippen molar-refractivity contribution in [2.45, 2.75) is 125 Å². The van der Waals surface area contributed by atoms with E-state index in [0.29, 0.717) is 16.9 Å². The van der Waals surface area contributed by atoms with Crippen LogP contribution < -0.4 is 0 Å². The highest BCUT2D eigenvalue weighted by Gasteiger charge is 2.60. The molecule has 9 unspecified atom stereocenters. The fourth-order valence-corrected chi connectivity index (χ4v) is 9.63. The highest BCUT2D eigenvalue weighted by Crippen LogP contribution is 2.68. The van der Waals surface area contributed by atoms with Gasteiger partial charge in [-0.15, -0.1) is 0 Å². The van der Waals surface area contributed by atoms with Crippen LogP contribution in [0.2, 0.25) is 0 Å². The zero-order valence-corrected chi connectivity index (χ0v) is 21.2. The van der Waals surface area contributed by atoms with Crippen molar-refractivity contribution >= 4 is 0 Å². The molecule has 0 bridgehead atoms. The standard InChI is InChI=1S/C29H52O/c1-7-30-23-15-17-28(5)22(19-23)11-12-24-26-14-13-25(21(4)10-8-9-20(2)3)29(26,6)18-16-27(24)28/h20-27H,7-19H2,1-6H3. The average Bonchev–Trinajstić information content (AvgIpc) is 3.05. The van der Waals surface area contributed by atoms with Crippen molar-refractivity contribution < 1.29 is 4.74 Å². The Labute approximate surface area is 188 Å². The molecule has 4 aliphatic rings. The maximum absolute atomic E-state index is 6.09. The Hall–Kier alpha value is -0.0400. The molecule has 0 aromatic rings. The average molecular weight is 417 g/mol. The molecule has 0 saturated heterocycles. The first kappa shape index (κ1) is 23.1. The van der Waals surface area contributed by atoms with Crippen LogP contribution in [0, 0.1) is 52.3 Å². The van der Waals surface area contributed by atoms with E-state index in [-0.39, 0.29) is 0 Å². The van der Waals surface area contributed by atoms with Gasteiger partial charge in [-0.05, 0) is 117 Å². The molecule has 4 fully saturated rings. The second kappa shape index (κ2) is 9.07. The predicted octanol–water partition coefficient (Wildman–Crippen LogP) is 8.51. The summed E-state index contributed by atoms with van der Waals surface area (Å²) >= 11 is 0. The van der Waals surface area contributed by atoms with E-state index < -0.39 is 0 Å². The molecule has 30 heavy (non-hydrogen) atoms. The third-order valence-corrected chi connectivity index (χ3v) is 11.2. The molecule has 9 atom stereocenters. The second-order valence-electron chi connectivity index (χ2n) is 13.0. The minimum Gasteiger partial charge on any atom is -0.378 e. The first-order valence-electron chi connectivity index (χ1n) is 13.9. The molecule has 0 amide bonds. The van der Waals surface area contributed by atoms with E-state index in [0.717, 1.165) is 48.0 Å². The molecule has 1 nitrogen and oxygen atoms in total. The van der Waals surface area contributed by atoms with Crippen molar-refractivity contribution in [2.75, 3.05) is 6.61 Å². The fourth-order valence-electron chi connectivity index (χ4n) is 9.63. The molecule has 4 saturated carbocycles. The molecule has 0 aromatic heterocycles. The van der Waals surface area contributed by atoms with Crippen molar-refractivity contribution in [3.05, 3.63) is 0 Å². The van der Waals surface area contributed by atoms with Crippen LogP contribution in [0.25, 0.3) is 0 Å². The summed E-state index contributed by atoms with van der Waals surface area (Å²) in [5.41, 5.74) is 1.25.